The van der Waals surface area contributed by atoms with Crippen LogP contribution < -0.4 is 10.8 Å². The van der Waals surface area contributed by atoms with E-state index in [-0.39, 0.29) is 5.56 Å². The summed E-state index contributed by atoms with van der Waals surface area (Å²) in [6, 6.07) is 21.5. The van der Waals surface area contributed by atoms with Crippen molar-refractivity contribution < 1.29 is 15.6 Å². The van der Waals surface area contributed by atoms with Crippen LogP contribution in [0, 0.1) is 6.92 Å². The highest BCUT2D eigenvalue weighted by Gasteiger charge is 1.99. The van der Waals surface area contributed by atoms with E-state index >= 15 is 0 Å². The number of aryl methyl sites for hydroxylation is 1. The minimum absolute atomic E-state index is 0.221. The van der Waals surface area contributed by atoms with Gasteiger partial charge in [-0.1, -0.05) is 66.2 Å². The zero-order valence-electron chi connectivity index (χ0n) is 13.5. The molecule has 118 valence electrons. The largest absolute Gasteiger partial charge is 0.545 e. The Morgan fingerprint density at radius 2 is 1.57 bits per heavy atom. The molecule has 3 rings (SSSR count). The molecule has 0 fully saturated rings. The summed E-state index contributed by atoms with van der Waals surface area (Å²) >= 11 is 0. The topological polar surface area (TPSA) is 67.8 Å². The Morgan fingerprint density at radius 1 is 0.957 bits per heavy atom. The molecule has 0 aliphatic rings. The van der Waals surface area contributed by atoms with E-state index in [0.29, 0.717) is 6.04 Å². The summed E-state index contributed by atoms with van der Waals surface area (Å²) in [7, 11) is 0. The number of rotatable bonds is 2. The Balaban J connectivity index is 0.000000174. The smallest absolute Gasteiger partial charge is 0.107 e. The number of hydrogen-bond donors (Lipinski definition) is 1. The monoisotopic (exact) mass is 307 g/mol. The van der Waals surface area contributed by atoms with Crippen LogP contribution in [0.15, 0.2) is 66.7 Å². The average molecular weight is 307 g/mol. The van der Waals surface area contributed by atoms with Crippen molar-refractivity contribution in [3.8, 4) is 0 Å². The van der Waals surface area contributed by atoms with Gasteiger partial charge in [-0.3, -0.25) is 0 Å². The molecule has 0 bridgehead atoms. The zero-order chi connectivity index (χ0) is 16.8. The molecule has 0 aliphatic heterocycles. The fourth-order valence-electron chi connectivity index (χ4n) is 2.21. The number of carbonyl (C=O) groups is 1. The minimum atomic E-state index is -1.13. The van der Waals surface area contributed by atoms with E-state index in [0.717, 1.165) is 10.8 Å². The van der Waals surface area contributed by atoms with Gasteiger partial charge in [-0.05, 0) is 36.2 Å². The third kappa shape index (κ3) is 4.66. The third-order valence-corrected chi connectivity index (χ3v) is 3.63. The van der Waals surface area contributed by atoms with Crippen molar-refractivity contribution in [1.29, 1.82) is 0 Å². The summed E-state index contributed by atoms with van der Waals surface area (Å²) in [5.74, 6) is -1.13. The van der Waals surface area contributed by atoms with E-state index < -0.39 is 5.97 Å². The maximum absolute atomic E-state index is 10.5. The van der Waals surface area contributed by atoms with Crippen LogP contribution >= 0.6 is 0 Å². The SMILES string of the molecule is Cc1ccc([C@H](C)[NH3+])cc1.O=C([O-])c1ccc2ccccc2c1. The molecule has 0 saturated carbocycles. The standard InChI is InChI=1S/C11H8O2.C9H13N/c12-11(13)10-6-5-8-3-1-2-4-9(8)7-10;1-7-3-5-9(6-4-7)8(2)10/h1-7H,(H,12,13);3-6,8H,10H2,1-2H3/t;8-/m.0/s1. The summed E-state index contributed by atoms with van der Waals surface area (Å²) < 4.78 is 0. The number of hydrogen-bond acceptors (Lipinski definition) is 2. The van der Waals surface area contributed by atoms with E-state index in [1.54, 1.807) is 18.2 Å². The lowest BCUT2D eigenvalue weighted by molar-refractivity contribution is -0.420. The van der Waals surface area contributed by atoms with E-state index in [1.807, 2.05) is 24.3 Å². The Hall–Kier alpha value is -2.65. The Labute approximate surface area is 136 Å². The van der Waals surface area contributed by atoms with Gasteiger partial charge in [-0.2, -0.15) is 0 Å². The first kappa shape index (κ1) is 16.7. The summed E-state index contributed by atoms with van der Waals surface area (Å²) in [4.78, 5) is 10.5. The molecule has 0 aliphatic carbocycles. The van der Waals surface area contributed by atoms with Gasteiger partial charge in [0.15, 0.2) is 0 Å². The van der Waals surface area contributed by atoms with Crippen LogP contribution in [0.4, 0.5) is 0 Å². The quantitative estimate of drug-likeness (QED) is 0.790. The number of carboxylic acids is 1. The predicted octanol–water partition coefficient (Wildman–Crippen LogP) is 2.50. The number of benzene rings is 3. The number of quaternary nitrogens is 1. The van der Waals surface area contributed by atoms with E-state index in [2.05, 4.69) is 43.8 Å². The summed E-state index contributed by atoms with van der Waals surface area (Å²) in [6.45, 7) is 4.20. The van der Waals surface area contributed by atoms with Crippen LogP contribution in [0.25, 0.3) is 10.8 Å². The van der Waals surface area contributed by atoms with Crippen molar-refractivity contribution in [2.45, 2.75) is 19.9 Å². The van der Waals surface area contributed by atoms with Crippen molar-refractivity contribution in [2.75, 3.05) is 0 Å². The molecule has 23 heavy (non-hydrogen) atoms. The molecule has 3 heteroatoms. The summed E-state index contributed by atoms with van der Waals surface area (Å²) in [5.41, 5.74) is 6.78. The predicted molar refractivity (Wildman–Crippen MR) is 90.8 cm³/mol. The molecule has 3 nitrogen and oxygen atoms in total. The lowest BCUT2D eigenvalue weighted by atomic mass is 10.1. The molecule has 0 radical (unpaired) electrons. The van der Waals surface area contributed by atoms with Gasteiger partial charge in [0.1, 0.15) is 6.04 Å². The fourth-order valence-corrected chi connectivity index (χ4v) is 2.21. The van der Waals surface area contributed by atoms with E-state index in [1.165, 1.54) is 11.1 Å². The summed E-state index contributed by atoms with van der Waals surface area (Å²) in [6.07, 6.45) is 0. The Kier molecular flexibility index (Phi) is 5.50. The summed E-state index contributed by atoms with van der Waals surface area (Å²) in [5, 5.41) is 12.5. The van der Waals surface area contributed by atoms with Crippen molar-refractivity contribution >= 4 is 16.7 Å². The maximum Gasteiger partial charge on any atom is 0.107 e. The molecule has 0 spiro atoms. The van der Waals surface area contributed by atoms with Gasteiger partial charge >= 0.3 is 0 Å². The van der Waals surface area contributed by atoms with Gasteiger partial charge in [0.25, 0.3) is 0 Å². The van der Waals surface area contributed by atoms with Gasteiger partial charge in [0.05, 0.1) is 5.97 Å². The molecule has 3 aromatic rings. The highest BCUT2D eigenvalue weighted by Crippen LogP contribution is 2.14. The third-order valence-electron chi connectivity index (χ3n) is 3.63. The van der Waals surface area contributed by atoms with Gasteiger partial charge in [-0.15, -0.1) is 0 Å². The molecule has 1 atom stereocenters. The number of fused-ring (bicyclic) bond motifs is 1. The molecule has 0 unspecified atom stereocenters. The van der Waals surface area contributed by atoms with Crippen LogP contribution in [0.5, 0.6) is 0 Å². The number of carboxylic acid groups (broad SMARTS) is 1. The van der Waals surface area contributed by atoms with Gasteiger partial charge in [-0.25, -0.2) is 0 Å². The van der Waals surface area contributed by atoms with Crippen LogP contribution in [-0.4, -0.2) is 5.97 Å². The van der Waals surface area contributed by atoms with Crippen LogP contribution in [0.1, 0.15) is 34.5 Å². The van der Waals surface area contributed by atoms with Crippen LogP contribution in [0.3, 0.4) is 0 Å². The first-order valence-electron chi connectivity index (χ1n) is 7.57. The highest BCUT2D eigenvalue weighted by molar-refractivity contribution is 5.93. The zero-order valence-corrected chi connectivity index (χ0v) is 13.5. The normalized spacial score (nSPS) is 11.4. The number of aromatic carboxylic acids is 1. The fraction of sp³-hybridized carbons (Fsp3) is 0.150. The second kappa shape index (κ2) is 7.56. The van der Waals surface area contributed by atoms with Crippen molar-refractivity contribution in [3.63, 3.8) is 0 Å². The molecule has 0 aromatic heterocycles. The number of carbonyl (C=O) groups excluding carboxylic acids is 1. The van der Waals surface area contributed by atoms with Crippen molar-refractivity contribution in [1.82, 2.24) is 0 Å². The molecular weight excluding hydrogens is 286 g/mol. The van der Waals surface area contributed by atoms with Gasteiger partial charge in [0, 0.05) is 5.56 Å². The van der Waals surface area contributed by atoms with Gasteiger partial charge < -0.3 is 15.6 Å². The maximum atomic E-state index is 10.5. The van der Waals surface area contributed by atoms with Crippen molar-refractivity contribution in [2.24, 2.45) is 0 Å². The molecular formula is C20H21NO2. The first-order valence-corrected chi connectivity index (χ1v) is 7.57. The Morgan fingerprint density at radius 3 is 2.13 bits per heavy atom. The van der Waals surface area contributed by atoms with Crippen LogP contribution in [-0.2, 0) is 0 Å². The molecule has 0 heterocycles. The highest BCUT2D eigenvalue weighted by atomic mass is 16.4. The molecule has 0 saturated heterocycles. The Bertz CT molecular complexity index is 792. The molecule has 3 aromatic carbocycles. The molecule has 3 N–H and O–H groups in total. The van der Waals surface area contributed by atoms with Gasteiger partial charge in [0.2, 0.25) is 0 Å². The average Bonchev–Trinajstić information content (AvgIpc) is 2.55. The van der Waals surface area contributed by atoms with E-state index in [4.69, 9.17) is 0 Å². The lowest BCUT2D eigenvalue weighted by Gasteiger charge is -2.03. The second-order valence-corrected chi connectivity index (χ2v) is 5.66. The molecule has 0 amide bonds. The second-order valence-electron chi connectivity index (χ2n) is 5.66. The van der Waals surface area contributed by atoms with E-state index in [9.17, 15) is 9.90 Å². The first-order chi connectivity index (χ1) is 11.0. The lowest BCUT2D eigenvalue weighted by Crippen LogP contribution is -2.51. The minimum Gasteiger partial charge on any atom is -0.545 e. The van der Waals surface area contributed by atoms with Crippen LogP contribution in [0.2, 0.25) is 0 Å². The van der Waals surface area contributed by atoms with Crippen molar-refractivity contribution in [3.05, 3.63) is 83.4 Å².